The van der Waals surface area contributed by atoms with Crippen molar-refractivity contribution in [3.05, 3.63) is 71.0 Å². The van der Waals surface area contributed by atoms with Crippen molar-refractivity contribution < 1.29 is 19.1 Å². The van der Waals surface area contributed by atoms with Gasteiger partial charge >= 0.3 is 12.2 Å². The van der Waals surface area contributed by atoms with Crippen LogP contribution < -0.4 is 0 Å². The first-order valence-electron chi connectivity index (χ1n) is 17.7. The Kier molecular flexibility index (Phi) is 8.40. The van der Waals surface area contributed by atoms with E-state index in [2.05, 4.69) is 54.9 Å². The molecule has 0 aliphatic carbocycles. The number of hydrogen-bond donors (Lipinski definition) is 1. The number of benzene rings is 3. The maximum Gasteiger partial charge on any atom is 0.410 e. The van der Waals surface area contributed by atoms with Crippen LogP contribution in [0.3, 0.4) is 0 Å². The van der Waals surface area contributed by atoms with Crippen molar-refractivity contribution in [1.82, 2.24) is 19.8 Å². The third-order valence-corrected chi connectivity index (χ3v) is 9.54. The highest BCUT2D eigenvalue weighted by molar-refractivity contribution is 6.04. The Balaban J connectivity index is 1.10. The van der Waals surface area contributed by atoms with Gasteiger partial charge in [-0.1, -0.05) is 43.9 Å². The Labute approximate surface area is 294 Å². The van der Waals surface area contributed by atoms with Crippen LogP contribution >= 0.6 is 0 Å². The van der Waals surface area contributed by atoms with Gasteiger partial charge in [0, 0.05) is 41.7 Å². The summed E-state index contributed by atoms with van der Waals surface area (Å²) >= 11 is 0. The monoisotopic (exact) mass is 673 g/mol. The van der Waals surface area contributed by atoms with Gasteiger partial charge in [0.15, 0.2) is 0 Å². The minimum atomic E-state index is -0.558. The number of nitrogens with zero attached hydrogens (tertiary/aromatic N) is 4. The highest BCUT2D eigenvalue weighted by atomic mass is 16.6. The van der Waals surface area contributed by atoms with Gasteiger partial charge in [0.05, 0.1) is 28.8 Å². The number of H-pyrrole nitrogens is 1. The van der Waals surface area contributed by atoms with Gasteiger partial charge in [-0.25, -0.2) is 14.6 Å². The van der Waals surface area contributed by atoms with Crippen LogP contribution in [0.1, 0.15) is 96.8 Å². The first kappa shape index (κ1) is 33.6. The van der Waals surface area contributed by atoms with Gasteiger partial charge in [0.1, 0.15) is 17.0 Å². The van der Waals surface area contributed by atoms with E-state index < -0.39 is 11.2 Å². The van der Waals surface area contributed by atoms with Crippen molar-refractivity contribution in [2.24, 2.45) is 16.8 Å². The number of aromatic amines is 1. The molecule has 1 aromatic heterocycles. The maximum atomic E-state index is 13.1. The van der Waals surface area contributed by atoms with Crippen molar-refractivity contribution in [2.45, 2.75) is 97.9 Å². The topological polar surface area (TPSA) is 100 Å². The standard InChI is InChI=1S/C41H47N5O4/c1-24-17-34(45(22-24)38(47)49-40(3,4)5)33-21-29-13-11-27(20-32(29)42-33)10-9-26-12-15-30-28(19-26)14-16-31-36(30)44-37(43-31)35-18-25(2)23-46(35)39(48)50-41(6,7)8/h11-16,19-20,24-25,34-35H,17-18,21-23H2,1-8H3,(H,43,44)/t24-,25-,34-,35-/m0/s1. The summed E-state index contributed by atoms with van der Waals surface area (Å²) < 4.78 is 11.4. The third kappa shape index (κ3) is 6.94. The molecule has 1 N–H and O–H groups in total. The zero-order valence-corrected chi connectivity index (χ0v) is 30.4. The molecule has 3 aromatic carbocycles. The Hall–Kier alpha value is -4.84. The van der Waals surface area contributed by atoms with Gasteiger partial charge in [-0.3, -0.25) is 14.8 Å². The summed E-state index contributed by atoms with van der Waals surface area (Å²) in [7, 11) is 0. The molecule has 4 aromatic rings. The van der Waals surface area contributed by atoms with Gasteiger partial charge in [-0.15, -0.1) is 0 Å². The molecule has 0 saturated carbocycles. The number of imidazole rings is 1. The molecule has 9 heteroatoms. The zero-order chi connectivity index (χ0) is 35.5. The molecule has 3 aliphatic heterocycles. The molecular formula is C41H47N5O4. The molecule has 2 amide bonds. The number of carbonyl (C=O) groups excluding carboxylic acids is 2. The van der Waals surface area contributed by atoms with Crippen molar-refractivity contribution in [1.29, 1.82) is 0 Å². The summed E-state index contributed by atoms with van der Waals surface area (Å²) in [5.74, 6) is 8.21. The van der Waals surface area contributed by atoms with Crippen LogP contribution in [0, 0.1) is 23.7 Å². The number of ether oxygens (including phenoxy) is 2. The van der Waals surface area contributed by atoms with Crippen LogP contribution in [-0.2, 0) is 15.9 Å². The fraction of sp³-hybridized carbons (Fsp3) is 0.463. The Morgan fingerprint density at radius 3 is 2.06 bits per heavy atom. The Morgan fingerprint density at radius 1 is 0.800 bits per heavy atom. The van der Waals surface area contributed by atoms with E-state index in [1.807, 2.05) is 75.6 Å². The largest absolute Gasteiger partial charge is 0.444 e. The third-order valence-electron chi connectivity index (χ3n) is 9.54. The summed E-state index contributed by atoms with van der Waals surface area (Å²) in [5, 5.41) is 2.08. The molecule has 50 heavy (non-hydrogen) atoms. The van der Waals surface area contributed by atoms with Crippen molar-refractivity contribution in [2.75, 3.05) is 13.1 Å². The summed E-state index contributed by atoms with van der Waals surface area (Å²) in [6, 6.07) is 16.3. The molecule has 4 heterocycles. The van der Waals surface area contributed by atoms with Crippen LogP contribution in [0.5, 0.6) is 0 Å². The lowest BCUT2D eigenvalue weighted by Gasteiger charge is -2.28. The second kappa shape index (κ2) is 12.5. The Morgan fingerprint density at radius 2 is 1.40 bits per heavy atom. The summed E-state index contributed by atoms with van der Waals surface area (Å²) in [5.41, 5.74) is 5.62. The number of fused-ring (bicyclic) bond motifs is 4. The van der Waals surface area contributed by atoms with Crippen LogP contribution in [0.2, 0.25) is 0 Å². The number of carbonyl (C=O) groups is 2. The fourth-order valence-corrected chi connectivity index (χ4v) is 7.39. The number of hydrogen-bond acceptors (Lipinski definition) is 6. The molecule has 0 radical (unpaired) electrons. The van der Waals surface area contributed by atoms with Crippen LogP contribution in [0.25, 0.3) is 21.8 Å². The fourth-order valence-electron chi connectivity index (χ4n) is 7.39. The van der Waals surface area contributed by atoms with E-state index in [1.54, 1.807) is 0 Å². The van der Waals surface area contributed by atoms with Crippen LogP contribution in [-0.4, -0.2) is 68.0 Å². The molecule has 2 saturated heterocycles. The first-order chi connectivity index (χ1) is 23.6. The van der Waals surface area contributed by atoms with Crippen molar-refractivity contribution in [3.8, 4) is 11.8 Å². The Bertz CT molecular complexity index is 2090. The summed E-state index contributed by atoms with van der Waals surface area (Å²) in [6.07, 6.45) is 1.87. The van der Waals surface area contributed by atoms with Crippen LogP contribution in [0.4, 0.5) is 15.3 Å². The molecule has 4 atom stereocenters. The SMILES string of the molecule is C[C@H]1C[C@@H](C2=Nc3cc(C#Cc4ccc5c(ccc6[nH]c([C@@H]7C[C@H](C)CN7C(=O)OC(C)(C)C)nc65)c4)ccc3C2)N(C(=O)OC(C)(C)C)C1. The number of rotatable bonds is 2. The second-order valence-electron chi connectivity index (χ2n) is 16.4. The summed E-state index contributed by atoms with van der Waals surface area (Å²) in [6.45, 7) is 17.0. The van der Waals surface area contributed by atoms with Gasteiger partial charge in [-0.05, 0) is 108 Å². The average molecular weight is 674 g/mol. The second-order valence-corrected chi connectivity index (χ2v) is 16.4. The number of likely N-dealkylation sites (tertiary alicyclic amines) is 2. The molecule has 7 rings (SSSR count). The van der Waals surface area contributed by atoms with Crippen LogP contribution in [0.15, 0.2) is 53.5 Å². The molecule has 0 spiro atoms. The first-order valence-corrected chi connectivity index (χ1v) is 17.7. The number of nitrogens with one attached hydrogen (secondary N) is 1. The average Bonchev–Trinajstić information content (AvgIpc) is 3.81. The molecule has 3 aliphatic rings. The molecular weight excluding hydrogens is 626 g/mol. The van der Waals surface area contributed by atoms with E-state index >= 15 is 0 Å². The van der Waals surface area contributed by atoms with E-state index in [-0.39, 0.29) is 24.3 Å². The van der Waals surface area contributed by atoms with Gasteiger partial charge in [0.25, 0.3) is 0 Å². The lowest BCUT2D eigenvalue weighted by Crippen LogP contribution is -2.43. The van der Waals surface area contributed by atoms with Crippen molar-refractivity contribution in [3.63, 3.8) is 0 Å². The molecule has 9 nitrogen and oxygen atoms in total. The van der Waals surface area contributed by atoms with E-state index in [1.165, 1.54) is 0 Å². The van der Waals surface area contributed by atoms with Crippen molar-refractivity contribution >= 4 is 45.4 Å². The van der Waals surface area contributed by atoms with E-state index in [9.17, 15) is 9.59 Å². The predicted molar refractivity (Wildman–Crippen MR) is 197 cm³/mol. The number of aromatic nitrogens is 2. The van der Waals surface area contributed by atoms with E-state index in [0.29, 0.717) is 24.9 Å². The predicted octanol–water partition coefficient (Wildman–Crippen LogP) is 8.71. The van der Waals surface area contributed by atoms with Gasteiger partial charge < -0.3 is 14.5 Å². The molecule has 0 unspecified atom stereocenters. The molecule has 260 valence electrons. The maximum absolute atomic E-state index is 13.1. The summed E-state index contributed by atoms with van der Waals surface area (Å²) in [4.78, 5) is 43.3. The number of aliphatic imine (C=N–C) groups is 1. The highest BCUT2D eigenvalue weighted by Crippen LogP contribution is 2.37. The lowest BCUT2D eigenvalue weighted by atomic mass is 10.00. The highest BCUT2D eigenvalue weighted by Gasteiger charge is 2.40. The zero-order valence-electron chi connectivity index (χ0n) is 30.4. The smallest absolute Gasteiger partial charge is 0.410 e. The minimum Gasteiger partial charge on any atom is -0.444 e. The van der Waals surface area contributed by atoms with E-state index in [0.717, 1.165) is 75.0 Å². The number of amides is 2. The lowest BCUT2D eigenvalue weighted by molar-refractivity contribution is 0.0212. The quantitative estimate of drug-likeness (QED) is 0.215. The minimum absolute atomic E-state index is 0.0536. The van der Waals surface area contributed by atoms with Gasteiger partial charge in [-0.2, -0.15) is 0 Å². The van der Waals surface area contributed by atoms with Gasteiger partial charge in [0.2, 0.25) is 0 Å². The normalized spacial score (nSPS) is 22.0. The molecule has 2 fully saturated rings. The molecule has 0 bridgehead atoms. The van der Waals surface area contributed by atoms with E-state index in [4.69, 9.17) is 19.5 Å².